The summed E-state index contributed by atoms with van der Waals surface area (Å²) in [6, 6.07) is 9.46. The van der Waals surface area contributed by atoms with E-state index in [1.165, 1.54) is 0 Å². The molecule has 0 saturated carbocycles. The van der Waals surface area contributed by atoms with Gasteiger partial charge in [-0.2, -0.15) is 0 Å². The Morgan fingerprint density at radius 1 is 1.18 bits per heavy atom. The molecule has 0 spiro atoms. The summed E-state index contributed by atoms with van der Waals surface area (Å²) in [7, 11) is 0. The van der Waals surface area contributed by atoms with Crippen molar-refractivity contribution in [3.05, 3.63) is 35.9 Å². The third-order valence-electron chi connectivity index (χ3n) is 2.70. The SMILES string of the molecule is NC(CN1CC(=O)NC(=O)C1)c1ccccc1. The number of rotatable bonds is 3. The standard InChI is InChI=1S/C12H15N3O2/c13-10(9-4-2-1-3-5-9)6-15-7-11(16)14-12(17)8-15/h1-5,10H,6-8,13H2,(H,14,16,17). The predicted octanol–water partition coefficient (Wildman–Crippen LogP) is -0.355. The van der Waals surface area contributed by atoms with E-state index in [1.807, 2.05) is 30.3 Å². The van der Waals surface area contributed by atoms with Gasteiger partial charge in [-0.25, -0.2) is 0 Å². The zero-order valence-corrected chi connectivity index (χ0v) is 9.43. The minimum Gasteiger partial charge on any atom is -0.323 e. The summed E-state index contributed by atoms with van der Waals surface area (Å²) in [6.45, 7) is 0.960. The van der Waals surface area contributed by atoms with Gasteiger partial charge in [0.1, 0.15) is 0 Å². The molecule has 1 heterocycles. The Balaban J connectivity index is 1.97. The Labute approximate surface area is 99.6 Å². The summed E-state index contributed by atoms with van der Waals surface area (Å²) in [4.78, 5) is 24.1. The molecule has 3 N–H and O–H groups in total. The molecule has 0 aliphatic carbocycles. The molecule has 90 valence electrons. The van der Waals surface area contributed by atoms with Crippen LogP contribution in [0.25, 0.3) is 0 Å². The van der Waals surface area contributed by atoms with Gasteiger partial charge in [-0.3, -0.25) is 19.8 Å². The highest BCUT2D eigenvalue weighted by Crippen LogP contribution is 2.11. The topological polar surface area (TPSA) is 75.4 Å². The number of nitrogens with two attached hydrogens (primary N) is 1. The quantitative estimate of drug-likeness (QED) is 0.699. The molecule has 1 aromatic carbocycles. The summed E-state index contributed by atoms with van der Waals surface area (Å²) < 4.78 is 0. The first kappa shape index (κ1) is 11.8. The van der Waals surface area contributed by atoms with Crippen molar-refractivity contribution in [3.63, 3.8) is 0 Å². The lowest BCUT2D eigenvalue weighted by molar-refractivity contribution is -0.136. The number of hydrogen-bond acceptors (Lipinski definition) is 4. The molecule has 0 bridgehead atoms. The van der Waals surface area contributed by atoms with E-state index in [4.69, 9.17) is 5.73 Å². The summed E-state index contributed by atoms with van der Waals surface area (Å²) in [5, 5.41) is 2.26. The van der Waals surface area contributed by atoms with Crippen LogP contribution in [0.3, 0.4) is 0 Å². The number of nitrogens with zero attached hydrogens (tertiary/aromatic N) is 1. The lowest BCUT2D eigenvalue weighted by Crippen LogP contribution is -2.52. The first-order chi connectivity index (χ1) is 8.15. The van der Waals surface area contributed by atoms with Gasteiger partial charge in [0.2, 0.25) is 11.8 Å². The second-order valence-corrected chi connectivity index (χ2v) is 4.16. The van der Waals surface area contributed by atoms with Crippen LogP contribution < -0.4 is 11.1 Å². The van der Waals surface area contributed by atoms with Gasteiger partial charge in [-0.15, -0.1) is 0 Å². The van der Waals surface area contributed by atoms with E-state index in [2.05, 4.69) is 5.32 Å². The number of hydrogen-bond donors (Lipinski definition) is 2. The molecule has 5 heteroatoms. The van der Waals surface area contributed by atoms with Crippen molar-refractivity contribution in [2.75, 3.05) is 19.6 Å². The van der Waals surface area contributed by atoms with Crippen molar-refractivity contribution < 1.29 is 9.59 Å². The van der Waals surface area contributed by atoms with E-state index in [9.17, 15) is 9.59 Å². The minimum atomic E-state index is -0.262. The lowest BCUT2D eigenvalue weighted by Gasteiger charge is -2.27. The number of carbonyl (C=O) groups is 2. The van der Waals surface area contributed by atoms with Crippen LogP contribution in [0.5, 0.6) is 0 Å². The molecule has 1 fully saturated rings. The summed E-state index contributed by atoms with van der Waals surface area (Å²) in [5.41, 5.74) is 7.04. The van der Waals surface area contributed by atoms with Gasteiger partial charge in [-0.1, -0.05) is 30.3 Å². The number of benzene rings is 1. The fraction of sp³-hybridized carbons (Fsp3) is 0.333. The van der Waals surface area contributed by atoms with Gasteiger partial charge in [0.25, 0.3) is 0 Å². The Morgan fingerprint density at radius 2 is 1.76 bits per heavy atom. The molecule has 1 aliphatic rings. The van der Waals surface area contributed by atoms with Crippen LogP contribution in [0, 0.1) is 0 Å². The minimum absolute atomic E-state index is 0.185. The summed E-state index contributed by atoms with van der Waals surface area (Å²) >= 11 is 0. The fourth-order valence-corrected chi connectivity index (χ4v) is 1.91. The summed E-state index contributed by atoms with van der Waals surface area (Å²) in [6.07, 6.45) is 0. The van der Waals surface area contributed by atoms with Crippen LogP contribution in [0.4, 0.5) is 0 Å². The van der Waals surface area contributed by atoms with Crippen molar-refractivity contribution in [2.24, 2.45) is 5.73 Å². The van der Waals surface area contributed by atoms with Gasteiger partial charge >= 0.3 is 0 Å². The fourth-order valence-electron chi connectivity index (χ4n) is 1.91. The molecule has 1 aromatic rings. The van der Waals surface area contributed by atoms with E-state index in [0.29, 0.717) is 6.54 Å². The van der Waals surface area contributed by atoms with E-state index in [0.717, 1.165) is 5.56 Å². The first-order valence-corrected chi connectivity index (χ1v) is 5.50. The van der Waals surface area contributed by atoms with Crippen LogP contribution in [0.2, 0.25) is 0 Å². The second-order valence-electron chi connectivity index (χ2n) is 4.16. The van der Waals surface area contributed by atoms with E-state index in [-0.39, 0.29) is 30.9 Å². The summed E-state index contributed by atoms with van der Waals surface area (Å²) in [5.74, 6) is -0.525. The number of piperazine rings is 1. The molecule has 5 nitrogen and oxygen atoms in total. The smallest absolute Gasteiger partial charge is 0.240 e. The highest BCUT2D eigenvalue weighted by molar-refractivity contribution is 5.99. The third-order valence-corrected chi connectivity index (χ3v) is 2.70. The zero-order valence-electron chi connectivity index (χ0n) is 9.43. The molecule has 1 aliphatic heterocycles. The van der Waals surface area contributed by atoms with Crippen molar-refractivity contribution in [1.29, 1.82) is 0 Å². The average molecular weight is 233 g/mol. The molecular weight excluding hydrogens is 218 g/mol. The van der Waals surface area contributed by atoms with Crippen LogP contribution in [-0.4, -0.2) is 36.3 Å². The number of amides is 2. The molecule has 1 unspecified atom stereocenters. The maximum atomic E-state index is 11.2. The zero-order chi connectivity index (χ0) is 12.3. The number of imide groups is 1. The van der Waals surface area contributed by atoms with Gasteiger partial charge in [-0.05, 0) is 5.56 Å². The normalized spacial score (nSPS) is 18.9. The Bertz CT molecular complexity index is 403. The van der Waals surface area contributed by atoms with E-state index < -0.39 is 0 Å². The second kappa shape index (κ2) is 5.07. The molecule has 17 heavy (non-hydrogen) atoms. The van der Waals surface area contributed by atoms with Crippen LogP contribution in [0.15, 0.2) is 30.3 Å². The molecule has 1 atom stereocenters. The number of carbonyl (C=O) groups excluding carboxylic acids is 2. The molecular formula is C12H15N3O2. The Kier molecular flexibility index (Phi) is 3.51. The van der Waals surface area contributed by atoms with Gasteiger partial charge in [0, 0.05) is 12.6 Å². The highest BCUT2D eigenvalue weighted by Gasteiger charge is 2.23. The Hall–Kier alpha value is -1.72. The Morgan fingerprint density at radius 3 is 2.35 bits per heavy atom. The first-order valence-electron chi connectivity index (χ1n) is 5.50. The molecule has 2 rings (SSSR count). The van der Waals surface area contributed by atoms with E-state index in [1.54, 1.807) is 4.90 Å². The van der Waals surface area contributed by atoms with Crippen molar-refractivity contribution in [3.8, 4) is 0 Å². The average Bonchev–Trinajstić information content (AvgIpc) is 2.28. The number of nitrogens with one attached hydrogen (secondary N) is 1. The molecule has 1 saturated heterocycles. The third kappa shape index (κ3) is 3.12. The van der Waals surface area contributed by atoms with Crippen LogP contribution in [-0.2, 0) is 9.59 Å². The lowest BCUT2D eigenvalue weighted by atomic mass is 10.1. The monoisotopic (exact) mass is 233 g/mol. The molecule has 2 amide bonds. The largest absolute Gasteiger partial charge is 0.323 e. The highest BCUT2D eigenvalue weighted by atomic mass is 16.2. The predicted molar refractivity (Wildman–Crippen MR) is 63.0 cm³/mol. The van der Waals surface area contributed by atoms with E-state index >= 15 is 0 Å². The van der Waals surface area contributed by atoms with Crippen molar-refractivity contribution in [2.45, 2.75) is 6.04 Å². The van der Waals surface area contributed by atoms with Crippen LogP contribution in [0.1, 0.15) is 11.6 Å². The van der Waals surface area contributed by atoms with Gasteiger partial charge < -0.3 is 5.73 Å². The molecule has 0 aromatic heterocycles. The van der Waals surface area contributed by atoms with Gasteiger partial charge in [0.05, 0.1) is 13.1 Å². The van der Waals surface area contributed by atoms with Crippen molar-refractivity contribution in [1.82, 2.24) is 10.2 Å². The van der Waals surface area contributed by atoms with Crippen molar-refractivity contribution >= 4 is 11.8 Å². The maximum Gasteiger partial charge on any atom is 0.240 e. The maximum absolute atomic E-state index is 11.2. The molecule has 0 radical (unpaired) electrons. The van der Waals surface area contributed by atoms with Gasteiger partial charge in [0.15, 0.2) is 0 Å². The van der Waals surface area contributed by atoms with Crippen LogP contribution >= 0.6 is 0 Å².